The molecule has 0 spiro atoms. The molecule has 1 aromatic carbocycles. The van der Waals surface area contributed by atoms with Crippen LogP contribution in [0.1, 0.15) is 0 Å². The summed E-state index contributed by atoms with van der Waals surface area (Å²) in [5, 5.41) is 5.84. The molecule has 1 aliphatic heterocycles. The summed E-state index contributed by atoms with van der Waals surface area (Å²) in [5.41, 5.74) is 1.85. The normalized spacial score (nSPS) is 15.3. The van der Waals surface area contributed by atoms with Gasteiger partial charge in [-0.15, -0.1) is 11.3 Å². The maximum Gasteiger partial charge on any atom is 0.186 e. The Kier molecular flexibility index (Phi) is 4.28. The van der Waals surface area contributed by atoms with Crippen molar-refractivity contribution in [1.82, 2.24) is 4.98 Å². The van der Waals surface area contributed by atoms with Crippen molar-refractivity contribution in [2.24, 2.45) is 0 Å². The molecule has 0 aliphatic carbocycles. The first-order valence-corrected chi connectivity index (χ1v) is 7.91. The third-order valence-corrected chi connectivity index (χ3v) is 4.59. The zero-order chi connectivity index (χ0) is 14.8. The number of ether oxygens (including phenoxy) is 1. The second-order valence-corrected chi connectivity index (χ2v) is 5.89. The Morgan fingerprint density at radius 3 is 2.86 bits per heavy atom. The minimum Gasteiger partial charge on any atom is -0.385 e. The number of hydrogen-bond donors (Lipinski definition) is 1. The zero-order valence-corrected chi connectivity index (χ0v) is 13.1. The van der Waals surface area contributed by atoms with Crippen LogP contribution in [-0.4, -0.2) is 38.3 Å². The van der Waals surface area contributed by atoms with Crippen molar-refractivity contribution in [2.45, 2.75) is 0 Å². The van der Waals surface area contributed by atoms with Gasteiger partial charge in [0.1, 0.15) is 0 Å². The van der Waals surface area contributed by atoms with Gasteiger partial charge in [0, 0.05) is 31.1 Å². The molecule has 1 saturated heterocycles. The Morgan fingerprint density at radius 2 is 2.14 bits per heavy atom. The van der Waals surface area contributed by atoms with E-state index in [1.807, 2.05) is 5.38 Å². The number of anilines is 2. The monoisotopic (exact) mass is 327 g/mol. The van der Waals surface area contributed by atoms with E-state index in [9.17, 15) is 4.39 Å². The molecule has 21 heavy (non-hydrogen) atoms. The van der Waals surface area contributed by atoms with Crippen LogP contribution in [0.2, 0.25) is 5.02 Å². The summed E-state index contributed by atoms with van der Waals surface area (Å²) in [6.45, 7) is 3.10. The average Bonchev–Trinajstić information content (AvgIpc) is 3.00. The number of morpholine rings is 1. The molecule has 1 fully saturated rings. The number of aromatic nitrogens is 1. The quantitative estimate of drug-likeness (QED) is 0.936. The number of hydrogen-bond acceptors (Lipinski definition) is 5. The Bertz CT molecular complexity index is 643. The number of halogens is 2. The fourth-order valence-corrected chi connectivity index (χ4v) is 3.33. The average molecular weight is 328 g/mol. The van der Waals surface area contributed by atoms with E-state index in [0.29, 0.717) is 18.9 Å². The Morgan fingerprint density at radius 1 is 1.38 bits per heavy atom. The van der Waals surface area contributed by atoms with Crippen LogP contribution in [0.3, 0.4) is 0 Å². The maximum atomic E-state index is 14.1. The summed E-state index contributed by atoms with van der Waals surface area (Å²) in [7, 11) is 1.67. The zero-order valence-electron chi connectivity index (χ0n) is 11.5. The molecule has 1 N–H and O–H groups in total. The highest BCUT2D eigenvalue weighted by molar-refractivity contribution is 7.14. The number of nitrogens with zero attached hydrogens (tertiary/aromatic N) is 2. The molecular weight excluding hydrogens is 313 g/mol. The third-order valence-electron chi connectivity index (χ3n) is 3.39. The Labute approximate surface area is 131 Å². The minimum absolute atomic E-state index is 0.103. The van der Waals surface area contributed by atoms with E-state index < -0.39 is 5.82 Å². The van der Waals surface area contributed by atoms with Crippen molar-refractivity contribution in [3.63, 3.8) is 0 Å². The van der Waals surface area contributed by atoms with Crippen LogP contribution >= 0.6 is 22.9 Å². The molecule has 0 atom stereocenters. The molecule has 1 aliphatic rings. The molecule has 1 aromatic heterocycles. The summed E-state index contributed by atoms with van der Waals surface area (Å²) < 4.78 is 19.4. The van der Waals surface area contributed by atoms with Crippen LogP contribution in [0.5, 0.6) is 0 Å². The van der Waals surface area contributed by atoms with E-state index >= 15 is 0 Å². The standard InChI is InChI=1S/C14H15ClFN3OS/c1-17-13-9(2-3-10(15)12(13)16)11-8-21-14(18-11)19-4-6-20-7-5-19/h2-3,8,17H,4-7H2,1H3. The van der Waals surface area contributed by atoms with Crippen molar-refractivity contribution in [3.05, 3.63) is 28.4 Å². The predicted molar refractivity (Wildman–Crippen MR) is 85.1 cm³/mol. The fourth-order valence-electron chi connectivity index (χ4n) is 2.30. The number of nitrogens with one attached hydrogen (secondary N) is 1. The molecule has 0 saturated carbocycles. The summed E-state index contributed by atoms with van der Waals surface area (Å²) >= 11 is 7.38. The van der Waals surface area contributed by atoms with Crippen LogP contribution < -0.4 is 10.2 Å². The molecule has 0 radical (unpaired) electrons. The van der Waals surface area contributed by atoms with E-state index in [-0.39, 0.29) is 5.02 Å². The lowest BCUT2D eigenvalue weighted by atomic mass is 10.1. The number of rotatable bonds is 3. The Balaban J connectivity index is 1.94. The van der Waals surface area contributed by atoms with Gasteiger partial charge in [-0.3, -0.25) is 0 Å². The van der Waals surface area contributed by atoms with E-state index in [4.69, 9.17) is 16.3 Å². The molecule has 2 aromatic rings. The van der Waals surface area contributed by atoms with Crippen molar-refractivity contribution in [1.29, 1.82) is 0 Å². The van der Waals surface area contributed by atoms with E-state index in [1.165, 1.54) is 0 Å². The highest BCUT2D eigenvalue weighted by Gasteiger charge is 2.18. The van der Waals surface area contributed by atoms with E-state index in [2.05, 4.69) is 15.2 Å². The summed E-state index contributed by atoms with van der Waals surface area (Å²) in [4.78, 5) is 6.81. The van der Waals surface area contributed by atoms with Crippen molar-refractivity contribution < 1.29 is 9.13 Å². The number of thiazole rings is 1. The topological polar surface area (TPSA) is 37.4 Å². The molecule has 0 amide bonds. The summed E-state index contributed by atoms with van der Waals surface area (Å²) in [6, 6.07) is 3.34. The second-order valence-electron chi connectivity index (χ2n) is 4.65. The predicted octanol–water partition coefficient (Wildman–Crippen LogP) is 3.48. The highest BCUT2D eigenvalue weighted by atomic mass is 35.5. The summed E-state index contributed by atoms with van der Waals surface area (Å²) in [6.07, 6.45) is 0. The SMILES string of the molecule is CNc1c(-c2csc(N3CCOCC3)n2)ccc(Cl)c1F. The van der Waals surface area contributed by atoms with Gasteiger partial charge in [-0.25, -0.2) is 9.37 Å². The van der Waals surface area contributed by atoms with Gasteiger partial charge in [-0.05, 0) is 12.1 Å². The van der Waals surface area contributed by atoms with Gasteiger partial charge in [0.2, 0.25) is 0 Å². The third kappa shape index (κ3) is 2.84. The highest BCUT2D eigenvalue weighted by Crippen LogP contribution is 2.36. The van der Waals surface area contributed by atoms with Crippen LogP contribution in [0.25, 0.3) is 11.3 Å². The van der Waals surface area contributed by atoms with Gasteiger partial charge >= 0.3 is 0 Å². The van der Waals surface area contributed by atoms with E-state index in [0.717, 1.165) is 29.5 Å². The van der Waals surface area contributed by atoms with E-state index in [1.54, 1.807) is 30.5 Å². The molecule has 2 heterocycles. The molecular formula is C14H15ClFN3OS. The van der Waals surface area contributed by atoms with Gasteiger partial charge < -0.3 is 15.0 Å². The van der Waals surface area contributed by atoms with Crippen molar-refractivity contribution in [2.75, 3.05) is 43.6 Å². The largest absolute Gasteiger partial charge is 0.385 e. The van der Waals surface area contributed by atoms with Gasteiger partial charge in [0.25, 0.3) is 0 Å². The lowest BCUT2D eigenvalue weighted by molar-refractivity contribution is 0.122. The van der Waals surface area contributed by atoms with Crippen molar-refractivity contribution in [3.8, 4) is 11.3 Å². The molecule has 0 unspecified atom stereocenters. The molecule has 112 valence electrons. The van der Waals surface area contributed by atoms with Crippen LogP contribution in [-0.2, 0) is 4.74 Å². The first-order valence-electron chi connectivity index (χ1n) is 6.65. The minimum atomic E-state index is -0.447. The fraction of sp³-hybridized carbons (Fsp3) is 0.357. The van der Waals surface area contributed by atoms with Gasteiger partial charge in [0.05, 0.1) is 29.6 Å². The lowest BCUT2D eigenvalue weighted by Gasteiger charge is -2.26. The first kappa shape index (κ1) is 14.6. The smallest absolute Gasteiger partial charge is 0.186 e. The second kappa shape index (κ2) is 6.17. The molecule has 0 bridgehead atoms. The number of benzene rings is 1. The molecule has 3 rings (SSSR count). The van der Waals surface area contributed by atoms with Crippen LogP contribution in [0.4, 0.5) is 15.2 Å². The summed E-state index contributed by atoms with van der Waals surface area (Å²) in [5.74, 6) is -0.447. The van der Waals surface area contributed by atoms with Gasteiger partial charge in [-0.1, -0.05) is 11.6 Å². The van der Waals surface area contributed by atoms with Gasteiger partial charge in [-0.2, -0.15) is 0 Å². The molecule has 4 nitrogen and oxygen atoms in total. The van der Waals surface area contributed by atoms with Crippen LogP contribution in [0, 0.1) is 5.82 Å². The molecule has 7 heteroatoms. The Hall–Kier alpha value is -1.37. The van der Waals surface area contributed by atoms with Crippen LogP contribution in [0.15, 0.2) is 17.5 Å². The van der Waals surface area contributed by atoms with Crippen molar-refractivity contribution >= 4 is 33.8 Å². The lowest BCUT2D eigenvalue weighted by Crippen LogP contribution is -2.36. The maximum absolute atomic E-state index is 14.1. The first-order chi connectivity index (χ1) is 10.2. The van der Waals surface area contributed by atoms with Gasteiger partial charge in [0.15, 0.2) is 10.9 Å².